The summed E-state index contributed by atoms with van der Waals surface area (Å²) in [5, 5.41) is 16.4. The molecule has 1 aliphatic carbocycles. The Morgan fingerprint density at radius 1 is 1.28 bits per heavy atom. The molecule has 0 radical (unpaired) electrons. The lowest BCUT2D eigenvalue weighted by Gasteiger charge is -2.47. The third-order valence-corrected chi connectivity index (χ3v) is 7.34. The zero-order valence-corrected chi connectivity index (χ0v) is 19.2. The fraction of sp³-hybridized carbons (Fsp3) is 0.542. The highest BCUT2D eigenvalue weighted by Gasteiger charge is 2.43. The molecule has 0 spiro atoms. The first-order chi connectivity index (χ1) is 15.3. The second kappa shape index (κ2) is 8.17. The van der Waals surface area contributed by atoms with Gasteiger partial charge >= 0.3 is 0 Å². The van der Waals surface area contributed by atoms with Crippen LogP contribution >= 0.6 is 11.6 Å². The van der Waals surface area contributed by atoms with Crippen LogP contribution in [0.4, 0.5) is 21.8 Å². The maximum Gasteiger partial charge on any atom is 0.229 e. The van der Waals surface area contributed by atoms with E-state index < -0.39 is 5.82 Å². The van der Waals surface area contributed by atoms with E-state index in [0.29, 0.717) is 28.4 Å². The van der Waals surface area contributed by atoms with Crippen LogP contribution in [0.2, 0.25) is 5.02 Å². The normalized spacial score (nSPS) is 24.6. The van der Waals surface area contributed by atoms with Gasteiger partial charge in [-0.2, -0.15) is 10.2 Å². The Labute approximate surface area is 193 Å². The van der Waals surface area contributed by atoms with E-state index in [9.17, 15) is 9.65 Å². The molecule has 8 heteroatoms. The Kier molecular flexibility index (Phi) is 5.47. The lowest BCUT2D eigenvalue weighted by molar-refractivity contribution is 0.0501. The van der Waals surface area contributed by atoms with E-state index >= 15 is 0 Å². The molecule has 3 heterocycles. The van der Waals surface area contributed by atoms with Crippen molar-refractivity contribution in [1.82, 2.24) is 14.9 Å². The number of aromatic nitrogens is 2. The van der Waals surface area contributed by atoms with Crippen molar-refractivity contribution in [2.24, 2.45) is 0 Å². The van der Waals surface area contributed by atoms with Gasteiger partial charge in [0.25, 0.3) is 0 Å². The summed E-state index contributed by atoms with van der Waals surface area (Å²) < 4.78 is 14.7. The lowest BCUT2D eigenvalue weighted by Crippen LogP contribution is -2.55. The summed E-state index contributed by atoms with van der Waals surface area (Å²) in [6.45, 7) is 5.77. The number of anilines is 3. The first-order valence-electron chi connectivity index (χ1n) is 11.4. The maximum atomic E-state index is 14.7. The van der Waals surface area contributed by atoms with Gasteiger partial charge in [-0.15, -0.1) is 0 Å². The topological polar surface area (TPSA) is 76.9 Å². The molecule has 1 aromatic carbocycles. The zero-order valence-electron chi connectivity index (χ0n) is 18.5. The van der Waals surface area contributed by atoms with Gasteiger partial charge in [-0.25, -0.2) is 9.37 Å². The molecule has 0 bridgehead atoms. The summed E-state index contributed by atoms with van der Waals surface area (Å²) >= 11 is 6.40. The number of nitrogens with zero attached hydrogens (tertiary/aromatic N) is 4. The number of piperidine rings is 1. The Bertz CT molecular complexity index is 1080. The highest BCUT2D eigenvalue weighted by molar-refractivity contribution is 6.32. The highest BCUT2D eigenvalue weighted by Crippen LogP contribution is 2.43. The minimum atomic E-state index is -0.408. The van der Waals surface area contributed by atoms with Gasteiger partial charge in [0.1, 0.15) is 10.8 Å². The van der Waals surface area contributed by atoms with Crippen molar-refractivity contribution in [2.75, 3.05) is 17.2 Å². The molecule has 2 N–H and O–H groups in total. The molecule has 1 aromatic heterocycles. The zero-order chi connectivity index (χ0) is 22.5. The third kappa shape index (κ3) is 4.14. The van der Waals surface area contributed by atoms with Crippen molar-refractivity contribution in [2.45, 2.75) is 75.9 Å². The second-order valence-corrected chi connectivity index (χ2v) is 10.3. The molecule has 6 nitrogen and oxygen atoms in total. The van der Waals surface area contributed by atoms with E-state index in [1.54, 1.807) is 6.07 Å². The molecule has 0 amide bonds. The molecule has 2 unspecified atom stereocenters. The lowest BCUT2D eigenvalue weighted by atomic mass is 9.84. The van der Waals surface area contributed by atoms with Crippen molar-refractivity contribution in [3.8, 4) is 6.07 Å². The number of fused-ring (bicyclic) bond motifs is 1. The molecule has 168 valence electrons. The molecular weight excluding hydrogens is 427 g/mol. The summed E-state index contributed by atoms with van der Waals surface area (Å²) in [5.74, 6) is 0.684. The van der Waals surface area contributed by atoms with Gasteiger partial charge in [0.2, 0.25) is 5.95 Å². The molecule has 2 saturated heterocycles. The van der Waals surface area contributed by atoms with Crippen LogP contribution in [-0.2, 0) is 0 Å². The summed E-state index contributed by atoms with van der Waals surface area (Å²) in [4.78, 5) is 11.4. The SMILES string of the molecule is CC1(C)CC(Nc2nc(Nc3cc(C#N)c(C4CC4)cc3F)ncc2Cl)CC2CCCN21. The monoisotopic (exact) mass is 454 g/mol. The molecule has 2 aliphatic heterocycles. The summed E-state index contributed by atoms with van der Waals surface area (Å²) in [6, 6.07) is 6.03. The van der Waals surface area contributed by atoms with Gasteiger partial charge in [0, 0.05) is 17.6 Å². The van der Waals surface area contributed by atoms with Crippen LogP contribution in [0.15, 0.2) is 18.3 Å². The number of nitriles is 1. The quantitative estimate of drug-likeness (QED) is 0.614. The average Bonchev–Trinajstić information content (AvgIpc) is 3.48. The van der Waals surface area contributed by atoms with Gasteiger partial charge in [0.05, 0.1) is 23.5 Å². The Hall–Kier alpha value is -2.43. The molecule has 5 rings (SSSR count). The molecular formula is C24H28ClFN6. The van der Waals surface area contributed by atoms with E-state index in [1.807, 2.05) is 0 Å². The number of hydrogen-bond donors (Lipinski definition) is 2. The van der Waals surface area contributed by atoms with Crippen LogP contribution in [0.3, 0.4) is 0 Å². The van der Waals surface area contributed by atoms with Crippen molar-refractivity contribution in [3.05, 3.63) is 40.3 Å². The van der Waals surface area contributed by atoms with Crippen molar-refractivity contribution in [3.63, 3.8) is 0 Å². The Morgan fingerprint density at radius 2 is 2.09 bits per heavy atom. The average molecular weight is 455 g/mol. The standard InChI is InChI=1S/C24H28ClFN6/c1-24(2)11-16(9-17-4-3-7-32(17)24)29-22-19(25)13-28-23(31-22)30-21-8-15(12-27)18(10-20(21)26)14-5-6-14/h8,10,13-14,16-17H,3-7,9,11H2,1-2H3,(H2,28,29,30,31). The van der Waals surface area contributed by atoms with Gasteiger partial charge in [-0.1, -0.05) is 11.6 Å². The predicted molar refractivity (Wildman–Crippen MR) is 124 cm³/mol. The minimum Gasteiger partial charge on any atom is -0.366 e. The van der Waals surface area contributed by atoms with E-state index in [1.165, 1.54) is 31.6 Å². The molecule has 3 aliphatic rings. The molecule has 2 aromatic rings. The third-order valence-electron chi connectivity index (χ3n) is 7.07. The first kappa shape index (κ1) is 21.4. The number of nitrogens with one attached hydrogen (secondary N) is 2. The van der Waals surface area contributed by atoms with E-state index in [4.69, 9.17) is 11.6 Å². The molecule has 32 heavy (non-hydrogen) atoms. The smallest absolute Gasteiger partial charge is 0.229 e. The van der Waals surface area contributed by atoms with Crippen LogP contribution in [0, 0.1) is 17.1 Å². The number of rotatable bonds is 5. The molecule has 3 fully saturated rings. The van der Waals surface area contributed by atoms with Gasteiger partial charge in [-0.3, -0.25) is 4.90 Å². The van der Waals surface area contributed by atoms with E-state index in [0.717, 1.165) is 31.2 Å². The molecule has 2 atom stereocenters. The van der Waals surface area contributed by atoms with Gasteiger partial charge in [-0.05, 0) is 82.5 Å². The second-order valence-electron chi connectivity index (χ2n) is 9.90. The van der Waals surface area contributed by atoms with Crippen LogP contribution in [0.5, 0.6) is 0 Å². The fourth-order valence-corrected chi connectivity index (χ4v) is 5.62. The van der Waals surface area contributed by atoms with Crippen molar-refractivity contribution in [1.29, 1.82) is 5.26 Å². The van der Waals surface area contributed by atoms with Crippen LogP contribution < -0.4 is 10.6 Å². The van der Waals surface area contributed by atoms with Crippen molar-refractivity contribution >= 4 is 29.1 Å². The summed E-state index contributed by atoms with van der Waals surface area (Å²) in [7, 11) is 0. The first-order valence-corrected chi connectivity index (χ1v) is 11.8. The maximum absolute atomic E-state index is 14.7. The largest absolute Gasteiger partial charge is 0.366 e. The highest BCUT2D eigenvalue weighted by atomic mass is 35.5. The summed E-state index contributed by atoms with van der Waals surface area (Å²) in [6.07, 6.45) is 8.06. The Morgan fingerprint density at radius 3 is 2.84 bits per heavy atom. The van der Waals surface area contributed by atoms with Crippen molar-refractivity contribution < 1.29 is 4.39 Å². The van der Waals surface area contributed by atoms with Crippen LogP contribution in [-0.4, -0.2) is 39.0 Å². The predicted octanol–water partition coefficient (Wildman–Crippen LogP) is 5.58. The molecule has 1 saturated carbocycles. The van der Waals surface area contributed by atoms with E-state index in [-0.39, 0.29) is 23.2 Å². The van der Waals surface area contributed by atoms with Crippen LogP contribution in [0.1, 0.15) is 69.4 Å². The van der Waals surface area contributed by atoms with Gasteiger partial charge < -0.3 is 10.6 Å². The minimum absolute atomic E-state index is 0.123. The van der Waals surface area contributed by atoms with Gasteiger partial charge in [0.15, 0.2) is 5.82 Å². The number of hydrogen-bond acceptors (Lipinski definition) is 6. The van der Waals surface area contributed by atoms with Crippen LogP contribution in [0.25, 0.3) is 0 Å². The number of halogens is 2. The number of benzene rings is 1. The Balaban J connectivity index is 1.35. The summed E-state index contributed by atoms with van der Waals surface area (Å²) in [5.41, 5.74) is 1.60. The van der Waals surface area contributed by atoms with E-state index in [2.05, 4.69) is 45.4 Å². The fourth-order valence-electron chi connectivity index (χ4n) is 5.48.